The Morgan fingerprint density at radius 1 is 1.40 bits per heavy atom. The van der Waals surface area contributed by atoms with E-state index in [1.807, 2.05) is 0 Å². The minimum Gasteiger partial charge on any atom is -0.393 e. The number of benzene rings is 1. The van der Waals surface area contributed by atoms with Crippen LogP contribution in [0.15, 0.2) is 30.9 Å². The van der Waals surface area contributed by atoms with Gasteiger partial charge in [0.05, 0.1) is 6.10 Å². The first-order valence-electron chi connectivity index (χ1n) is 4.86. The molecular formula is C12H14F2O. The Hall–Kier alpha value is -1.22. The van der Waals surface area contributed by atoms with Gasteiger partial charge in [0, 0.05) is 12.5 Å². The Morgan fingerprint density at radius 3 is 2.73 bits per heavy atom. The standard InChI is InChI=1S/C12H14F2O/c1-2-3-4-11(15)7-9-5-6-10(13)8-12(9)14/h2,5-6,8,11,15H,1,3-4,7H2. The summed E-state index contributed by atoms with van der Waals surface area (Å²) >= 11 is 0. The zero-order valence-corrected chi connectivity index (χ0v) is 8.42. The zero-order valence-electron chi connectivity index (χ0n) is 8.42. The molecular weight excluding hydrogens is 198 g/mol. The van der Waals surface area contributed by atoms with Gasteiger partial charge >= 0.3 is 0 Å². The van der Waals surface area contributed by atoms with Gasteiger partial charge in [0.15, 0.2) is 0 Å². The molecule has 15 heavy (non-hydrogen) atoms. The highest BCUT2D eigenvalue weighted by molar-refractivity contribution is 5.19. The quantitative estimate of drug-likeness (QED) is 0.744. The van der Waals surface area contributed by atoms with Crippen LogP contribution in [0, 0.1) is 11.6 Å². The maximum Gasteiger partial charge on any atom is 0.129 e. The van der Waals surface area contributed by atoms with Crippen LogP contribution in [0.4, 0.5) is 8.78 Å². The Labute approximate surface area is 88.1 Å². The average molecular weight is 212 g/mol. The second-order valence-corrected chi connectivity index (χ2v) is 3.46. The van der Waals surface area contributed by atoms with E-state index in [2.05, 4.69) is 6.58 Å². The van der Waals surface area contributed by atoms with Gasteiger partial charge in [-0.05, 0) is 24.5 Å². The van der Waals surface area contributed by atoms with Crippen molar-refractivity contribution < 1.29 is 13.9 Å². The van der Waals surface area contributed by atoms with Crippen molar-refractivity contribution in [3.05, 3.63) is 48.1 Å². The molecule has 0 amide bonds. The number of hydrogen-bond acceptors (Lipinski definition) is 1. The van der Waals surface area contributed by atoms with Crippen molar-refractivity contribution in [3.63, 3.8) is 0 Å². The van der Waals surface area contributed by atoms with E-state index in [-0.39, 0.29) is 6.42 Å². The van der Waals surface area contributed by atoms with Crippen molar-refractivity contribution in [1.29, 1.82) is 0 Å². The molecule has 0 fully saturated rings. The minimum atomic E-state index is -0.608. The van der Waals surface area contributed by atoms with Gasteiger partial charge in [-0.1, -0.05) is 12.1 Å². The predicted molar refractivity (Wildman–Crippen MR) is 55.5 cm³/mol. The molecule has 1 aromatic rings. The van der Waals surface area contributed by atoms with Gasteiger partial charge < -0.3 is 5.11 Å². The van der Waals surface area contributed by atoms with Crippen LogP contribution in [0.1, 0.15) is 18.4 Å². The van der Waals surface area contributed by atoms with Crippen molar-refractivity contribution in [3.8, 4) is 0 Å². The summed E-state index contributed by atoms with van der Waals surface area (Å²) < 4.78 is 25.7. The summed E-state index contributed by atoms with van der Waals surface area (Å²) in [7, 11) is 0. The van der Waals surface area contributed by atoms with E-state index in [1.165, 1.54) is 12.1 Å². The highest BCUT2D eigenvalue weighted by Crippen LogP contribution is 2.13. The fourth-order valence-electron chi connectivity index (χ4n) is 1.35. The summed E-state index contributed by atoms with van der Waals surface area (Å²) in [6.45, 7) is 3.53. The van der Waals surface area contributed by atoms with Crippen LogP contribution in [0.5, 0.6) is 0 Å². The van der Waals surface area contributed by atoms with Crippen molar-refractivity contribution >= 4 is 0 Å². The van der Waals surface area contributed by atoms with E-state index >= 15 is 0 Å². The molecule has 0 spiro atoms. The summed E-state index contributed by atoms with van der Waals surface area (Å²) in [5.41, 5.74) is 0.341. The van der Waals surface area contributed by atoms with Crippen molar-refractivity contribution in [2.24, 2.45) is 0 Å². The lowest BCUT2D eigenvalue weighted by Crippen LogP contribution is -2.11. The lowest BCUT2D eigenvalue weighted by atomic mass is 10.0. The molecule has 1 nitrogen and oxygen atoms in total. The van der Waals surface area contributed by atoms with E-state index < -0.39 is 17.7 Å². The topological polar surface area (TPSA) is 20.2 Å². The fraction of sp³-hybridized carbons (Fsp3) is 0.333. The normalized spacial score (nSPS) is 12.5. The second-order valence-electron chi connectivity index (χ2n) is 3.46. The van der Waals surface area contributed by atoms with Crippen LogP contribution in [-0.4, -0.2) is 11.2 Å². The van der Waals surface area contributed by atoms with Crippen molar-refractivity contribution in [2.75, 3.05) is 0 Å². The average Bonchev–Trinajstić information content (AvgIpc) is 2.19. The molecule has 1 atom stereocenters. The maximum atomic E-state index is 13.2. The predicted octanol–water partition coefficient (Wildman–Crippen LogP) is 2.83. The van der Waals surface area contributed by atoms with Crippen LogP contribution >= 0.6 is 0 Å². The second kappa shape index (κ2) is 5.61. The summed E-state index contributed by atoms with van der Waals surface area (Å²) in [6.07, 6.45) is 2.53. The van der Waals surface area contributed by atoms with Crippen LogP contribution in [0.25, 0.3) is 0 Å². The number of aliphatic hydroxyl groups is 1. The summed E-state index contributed by atoms with van der Waals surface area (Å²) in [5.74, 6) is -1.20. The largest absolute Gasteiger partial charge is 0.393 e. The van der Waals surface area contributed by atoms with E-state index in [4.69, 9.17) is 0 Å². The van der Waals surface area contributed by atoms with Gasteiger partial charge in [-0.25, -0.2) is 8.78 Å². The number of halogens is 2. The zero-order chi connectivity index (χ0) is 11.3. The molecule has 0 aromatic heterocycles. The minimum absolute atomic E-state index is 0.208. The van der Waals surface area contributed by atoms with E-state index in [0.717, 1.165) is 6.07 Å². The number of hydrogen-bond donors (Lipinski definition) is 1. The van der Waals surface area contributed by atoms with Gasteiger partial charge in [0.1, 0.15) is 11.6 Å². The Kier molecular flexibility index (Phi) is 4.43. The first kappa shape index (κ1) is 11.9. The molecule has 0 saturated heterocycles. The first-order chi connectivity index (χ1) is 7.13. The van der Waals surface area contributed by atoms with Gasteiger partial charge in [0.25, 0.3) is 0 Å². The maximum absolute atomic E-state index is 13.2. The van der Waals surface area contributed by atoms with E-state index in [0.29, 0.717) is 18.4 Å². The molecule has 0 aliphatic carbocycles. The smallest absolute Gasteiger partial charge is 0.129 e. The Morgan fingerprint density at radius 2 is 2.13 bits per heavy atom. The molecule has 1 N–H and O–H groups in total. The van der Waals surface area contributed by atoms with Crippen molar-refractivity contribution in [2.45, 2.75) is 25.4 Å². The van der Waals surface area contributed by atoms with Crippen LogP contribution in [0.2, 0.25) is 0 Å². The van der Waals surface area contributed by atoms with E-state index in [9.17, 15) is 13.9 Å². The molecule has 3 heteroatoms. The van der Waals surface area contributed by atoms with Crippen LogP contribution in [-0.2, 0) is 6.42 Å². The summed E-state index contributed by atoms with van der Waals surface area (Å²) in [4.78, 5) is 0. The monoisotopic (exact) mass is 212 g/mol. The molecule has 1 aromatic carbocycles. The summed E-state index contributed by atoms with van der Waals surface area (Å²) in [6, 6.07) is 3.38. The third-order valence-electron chi connectivity index (χ3n) is 2.17. The number of aliphatic hydroxyl groups excluding tert-OH is 1. The van der Waals surface area contributed by atoms with Gasteiger partial charge in [-0.3, -0.25) is 0 Å². The van der Waals surface area contributed by atoms with Crippen LogP contribution in [0.3, 0.4) is 0 Å². The molecule has 0 saturated carbocycles. The van der Waals surface area contributed by atoms with Crippen molar-refractivity contribution in [1.82, 2.24) is 0 Å². The lowest BCUT2D eigenvalue weighted by molar-refractivity contribution is 0.165. The molecule has 0 aliphatic rings. The van der Waals surface area contributed by atoms with Gasteiger partial charge in [-0.15, -0.1) is 6.58 Å². The number of rotatable bonds is 5. The van der Waals surface area contributed by atoms with Gasteiger partial charge in [-0.2, -0.15) is 0 Å². The molecule has 1 unspecified atom stereocenters. The molecule has 0 aliphatic heterocycles. The van der Waals surface area contributed by atoms with E-state index in [1.54, 1.807) is 6.08 Å². The number of allylic oxidation sites excluding steroid dienone is 1. The molecule has 1 rings (SSSR count). The summed E-state index contributed by atoms with van der Waals surface area (Å²) in [5, 5.41) is 9.52. The molecule has 0 heterocycles. The first-order valence-corrected chi connectivity index (χ1v) is 4.86. The third-order valence-corrected chi connectivity index (χ3v) is 2.17. The molecule has 0 radical (unpaired) electrons. The highest BCUT2D eigenvalue weighted by atomic mass is 19.1. The fourth-order valence-corrected chi connectivity index (χ4v) is 1.35. The lowest BCUT2D eigenvalue weighted by Gasteiger charge is -2.09. The van der Waals surface area contributed by atoms with Crippen LogP contribution < -0.4 is 0 Å². The third kappa shape index (κ3) is 3.80. The Bertz CT molecular complexity index is 336. The van der Waals surface area contributed by atoms with Gasteiger partial charge in [0.2, 0.25) is 0 Å². The highest BCUT2D eigenvalue weighted by Gasteiger charge is 2.09. The molecule has 82 valence electrons. The SMILES string of the molecule is C=CCCC(O)Cc1ccc(F)cc1F. The molecule has 0 bridgehead atoms. The Balaban J connectivity index is 2.59.